The van der Waals surface area contributed by atoms with E-state index in [4.69, 9.17) is 4.74 Å². The summed E-state index contributed by atoms with van der Waals surface area (Å²) in [4.78, 5) is 16.9. The molecule has 1 N–H and O–H groups in total. The van der Waals surface area contributed by atoms with Crippen molar-refractivity contribution in [2.24, 2.45) is 0 Å². The number of thiazole rings is 1. The number of aromatic nitrogens is 1. The number of rotatable bonds is 8. The summed E-state index contributed by atoms with van der Waals surface area (Å²) in [5, 5.41) is 5.82. The van der Waals surface area contributed by atoms with Gasteiger partial charge in [-0.05, 0) is 37.6 Å². The van der Waals surface area contributed by atoms with Gasteiger partial charge in [-0.2, -0.15) is 8.78 Å². The molecule has 152 valence electrons. The zero-order chi connectivity index (χ0) is 20.8. The lowest BCUT2D eigenvalue weighted by molar-refractivity contribution is -0.0514. The first-order valence-corrected chi connectivity index (χ1v) is 9.85. The number of benzene rings is 2. The third-order valence-corrected chi connectivity index (χ3v) is 4.82. The van der Waals surface area contributed by atoms with Crippen LogP contribution in [0.3, 0.4) is 0 Å². The molecule has 2 aromatic carbocycles. The van der Waals surface area contributed by atoms with Crippen molar-refractivity contribution < 1.29 is 23.0 Å². The number of hydrogen-bond acceptors (Lipinski definition) is 5. The van der Waals surface area contributed by atoms with Crippen molar-refractivity contribution in [1.29, 1.82) is 0 Å². The largest absolute Gasteiger partial charge is 0.490 e. The van der Waals surface area contributed by atoms with Crippen LogP contribution in [0.4, 0.5) is 8.78 Å². The first-order chi connectivity index (χ1) is 14.0. The van der Waals surface area contributed by atoms with E-state index in [0.29, 0.717) is 12.1 Å². The topological polar surface area (TPSA) is 60.5 Å². The molecule has 29 heavy (non-hydrogen) atoms. The SMILES string of the molecule is CCOc1cc(C(=O)NCc2ccc(-c3csc(C)n3)cc2)ccc1OC(F)F. The zero-order valence-electron chi connectivity index (χ0n) is 15.9. The minimum absolute atomic E-state index is 0.100. The second-order valence-electron chi connectivity index (χ2n) is 6.10. The summed E-state index contributed by atoms with van der Waals surface area (Å²) in [6.45, 7) is 1.30. The first kappa shape index (κ1) is 20.7. The molecule has 0 atom stereocenters. The smallest absolute Gasteiger partial charge is 0.387 e. The van der Waals surface area contributed by atoms with E-state index >= 15 is 0 Å². The number of alkyl halides is 2. The van der Waals surface area contributed by atoms with Crippen LogP contribution in [0.25, 0.3) is 11.3 Å². The molecular weight excluding hydrogens is 398 g/mol. The highest BCUT2D eigenvalue weighted by Crippen LogP contribution is 2.30. The summed E-state index contributed by atoms with van der Waals surface area (Å²) in [6.07, 6.45) is 0. The maximum Gasteiger partial charge on any atom is 0.387 e. The van der Waals surface area contributed by atoms with Crippen LogP contribution >= 0.6 is 11.3 Å². The van der Waals surface area contributed by atoms with Crippen molar-refractivity contribution in [3.8, 4) is 22.8 Å². The number of nitrogens with zero attached hydrogens (tertiary/aromatic N) is 1. The van der Waals surface area contributed by atoms with E-state index in [9.17, 15) is 13.6 Å². The predicted molar refractivity (Wildman–Crippen MR) is 108 cm³/mol. The Morgan fingerprint density at radius 1 is 1.17 bits per heavy atom. The van der Waals surface area contributed by atoms with Crippen molar-refractivity contribution in [1.82, 2.24) is 10.3 Å². The average molecular weight is 418 g/mol. The van der Waals surface area contributed by atoms with Gasteiger partial charge in [0.1, 0.15) is 0 Å². The molecule has 1 heterocycles. The monoisotopic (exact) mass is 418 g/mol. The fourth-order valence-electron chi connectivity index (χ4n) is 2.68. The maximum absolute atomic E-state index is 12.5. The number of halogens is 2. The van der Waals surface area contributed by atoms with Gasteiger partial charge in [-0.25, -0.2) is 4.98 Å². The Kier molecular flexibility index (Phi) is 6.77. The van der Waals surface area contributed by atoms with Crippen LogP contribution in [0, 0.1) is 6.92 Å². The molecule has 5 nitrogen and oxygen atoms in total. The van der Waals surface area contributed by atoms with Gasteiger partial charge in [0.25, 0.3) is 5.91 Å². The second-order valence-corrected chi connectivity index (χ2v) is 7.17. The number of amides is 1. The van der Waals surface area contributed by atoms with Crippen LogP contribution < -0.4 is 14.8 Å². The number of ether oxygens (including phenoxy) is 2. The second kappa shape index (κ2) is 9.47. The summed E-state index contributed by atoms with van der Waals surface area (Å²) in [6, 6.07) is 11.9. The van der Waals surface area contributed by atoms with Crippen LogP contribution in [0.1, 0.15) is 27.9 Å². The molecule has 1 aromatic heterocycles. The molecule has 3 rings (SSSR count). The lowest BCUT2D eigenvalue weighted by Gasteiger charge is -2.13. The summed E-state index contributed by atoms with van der Waals surface area (Å²) in [5.74, 6) is -0.344. The van der Waals surface area contributed by atoms with Crippen LogP contribution in [-0.4, -0.2) is 24.1 Å². The summed E-state index contributed by atoms with van der Waals surface area (Å²) < 4.78 is 34.7. The van der Waals surface area contributed by atoms with Crippen LogP contribution in [0.2, 0.25) is 0 Å². The Bertz CT molecular complexity index is 974. The average Bonchev–Trinajstić information content (AvgIpc) is 3.14. The third-order valence-electron chi connectivity index (χ3n) is 4.04. The van der Waals surface area contributed by atoms with Crippen LogP contribution in [-0.2, 0) is 6.54 Å². The summed E-state index contributed by atoms with van der Waals surface area (Å²) >= 11 is 1.59. The molecule has 0 radical (unpaired) electrons. The minimum atomic E-state index is -2.97. The molecule has 0 aliphatic rings. The number of carbonyl (C=O) groups excluding carboxylic acids is 1. The molecule has 1 amide bonds. The van der Waals surface area contributed by atoms with Gasteiger partial charge in [-0.15, -0.1) is 11.3 Å². The Hall–Kier alpha value is -3.00. The summed E-state index contributed by atoms with van der Waals surface area (Å²) in [5.41, 5.74) is 3.17. The van der Waals surface area contributed by atoms with Crippen LogP contribution in [0.5, 0.6) is 11.5 Å². The Morgan fingerprint density at radius 3 is 2.55 bits per heavy atom. The van der Waals surface area contributed by atoms with Gasteiger partial charge in [0.2, 0.25) is 0 Å². The van der Waals surface area contributed by atoms with E-state index < -0.39 is 6.61 Å². The zero-order valence-corrected chi connectivity index (χ0v) is 16.8. The molecule has 0 aliphatic heterocycles. The molecule has 0 saturated carbocycles. The molecule has 3 aromatic rings. The maximum atomic E-state index is 12.5. The van der Waals surface area contributed by atoms with Crippen LogP contribution in [0.15, 0.2) is 47.8 Å². The van der Waals surface area contributed by atoms with Crippen molar-refractivity contribution >= 4 is 17.2 Å². The molecular formula is C21H20F2N2O3S. The fourth-order valence-corrected chi connectivity index (χ4v) is 3.31. The quantitative estimate of drug-likeness (QED) is 0.556. The molecule has 8 heteroatoms. The van der Waals surface area contributed by atoms with Gasteiger partial charge < -0.3 is 14.8 Å². The highest BCUT2D eigenvalue weighted by atomic mass is 32.1. The number of carbonyl (C=O) groups is 1. The van der Waals surface area contributed by atoms with Crippen molar-refractivity contribution in [2.45, 2.75) is 27.0 Å². The van der Waals surface area contributed by atoms with Gasteiger partial charge in [-0.3, -0.25) is 4.79 Å². The van der Waals surface area contributed by atoms with E-state index in [1.165, 1.54) is 18.2 Å². The van der Waals surface area contributed by atoms with Crippen molar-refractivity contribution in [2.75, 3.05) is 6.61 Å². The van der Waals surface area contributed by atoms with Crippen molar-refractivity contribution in [3.63, 3.8) is 0 Å². The van der Waals surface area contributed by atoms with E-state index in [2.05, 4.69) is 15.0 Å². The normalized spacial score (nSPS) is 10.8. The molecule has 0 bridgehead atoms. The van der Waals surface area contributed by atoms with E-state index in [0.717, 1.165) is 21.8 Å². The number of nitrogens with one attached hydrogen (secondary N) is 1. The molecule has 0 saturated heterocycles. The number of aryl methyl sites for hydroxylation is 1. The van der Waals surface area contributed by atoms with Crippen molar-refractivity contribution in [3.05, 3.63) is 64.0 Å². The Labute approximate surface area is 171 Å². The standard InChI is InChI=1S/C21H20F2N2O3S/c1-3-27-19-10-16(8-9-18(19)28-21(22)23)20(26)24-11-14-4-6-15(7-5-14)17-12-29-13(2)25-17/h4-10,12,21H,3,11H2,1-2H3,(H,24,26). The lowest BCUT2D eigenvalue weighted by Crippen LogP contribution is -2.22. The molecule has 0 unspecified atom stereocenters. The van der Waals surface area contributed by atoms with Gasteiger partial charge in [-0.1, -0.05) is 24.3 Å². The van der Waals surface area contributed by atoms with E-state index in [1.807, 2.05) is 36.6 Å². The first-order valence-electron chi connectivity index (χ1n) is 8.97. The Balaban J connectivity index is 1.64. The number of hydrogen-bond donors (Lipinski definition) is 1. The van der Waals surface area contributed by atoms with Gasteiger partial charge >= 0.3 is 6.61 Å². The van der Waals surface area contributed by atoms with E-state index in [1.54, 1.807) is 18.3 Å². The highest BCUT2D eigenvalue weighted by molar-refractivity contribution is 7.09. The minimum Gasteiger partial charge on any atom is -0.490 e. The summed E-state index contributed by atoms with van der Waals surface area (Å²) in [7, 11) is 0. The van der Waals surface area contributed by atoms with Gasteiger partial charge in [0.05, 0.1) is 17.3 Å². The molecule has 0 spiro atoms. The highest BCUT2D eigenvalue weighted by Gasteiger charge is 2.14. The third kappa shape index (κ3) is 5.51. The molecule has 0 fully saturated rings. The Morgan fingerprint density at radius 2 is 1.93 bits per heavy atom. The van der Waals surface area contributed by atoms with Gasteiger partial charge in [0.15, 0.2) is 11.5 Å². The lowest BCUT2D eigenvalue weighted by atomic mass is 10.1. The fraction of sp³-hybridized carbons (Fsp3) is 0.238. The van der Waals surface area contributed by atoms with Gasteiger partial charge in [0, 0.05) is 23.1 Å². The molecule has 0 aliphatic carbocycles. The predicted octanol–water partition coefficient (Wildman–Crippen LogP) is 5.05. The van der Waals surface area contributed by atoms with E-state index in [-0.39, 0.29) is 24.0 Å².